The van der Waals surface area contributed by atoms with Crippen LogP contribution in [0.5, 0.6) is 5.88 Å². The molecule has 122 valence electrons. The number of likely N-dealkylation sites (tertiary alicyclic amines) is 1. The number of aromatic nitrogens is 2. The van der Waals surface area contributed by atoms with Crippen molar-refractivity contribution in [1.29, 1.82) is 0 Å². The van der Waals surface area contributed by atoms with E-state index in [-0.39, 0.29) is 12.2 Å². The van der Waals surface area contributed by atoms with Gasteiger partial charge in [0.05, 0.1) is 6.54 Å². The predicted octanol–water partition coefficient (Wildman–Crippen LogP) is 1.49. The van der Waals surface area contributed by atoms with E-state index in [4.69, 9.17) is 15.2 Å². The summed E-state index contributed by atoms with van der Waals surface area (Å²) < 4.78 is 11.1. The minimum Gasteiger partial charge on any atom is -0.471 e. The van der Waals surface area contributed by atoms with E-state index in [9.17, 15) is 4.79 Å². The third kappa shape index (κ3) is 3.90. The van der Waals surface area contributed by atoms with Crippen molar-refractivity contribution in [2.24, 2.45) is 0 Å². The van der Waals surface area contributed by atoms with Crippen LogP contribution in [0.3, 0.4) is 0 Å². The molecule has 0 aliphatic carbocycles. The molecule has 22 heavy (non-hydrogen) atoms. The molecule has 0 radical (unpaired) electrons. The van der Waals surface area contributed by atoms with Gasteiger partial charge in [-0.3, -0.25) is 0 Å². The Morgan fingerprint density at radius 1 is 1.45 bits per heavy atom. The molecule has 8 heteroatoms. The van der Waals surface area contributed by atoms with E-state index < -0.39 is 5.60 Å². The molecule has 1 atom stereocenters. The quantitative estimate of drug-likeness (QED) is 0.872. The Morgan fingerprint density at radius 3 is 2.82 bits per heavy atom. The summed E-state index contributed by atoms with van der Waals surface area (Å²) >= 11 is 0. The number of hydrogen-bond donors (Lipinski definition) is 2. The van der Waals surface area contributed by atoms with Gasteiger partial charge in [-0.25, -0.2) is 9.78 Å². The first kappa shape index (κ1) is 16.1. The van der Waals surface area contributed by atoms with Gasteiger partial charge < -0.3 is 25.4 Å². The second-order valence-corrected chi connectivity index (χ2v) is 6.15. The SMILES string of the molecule is CNc1ncnc(O[C@H]2CCN(C(=O)OC(C)(C)C)C2)c1N. The van der Waals surface area contributed by atoms with Gasteiger partial charge in [0.2, 0.25) is 5.88 Å². The number of amides is 1. The van der Waals surface area contributed by atoms with Crippen molar-refractivity contribution in [2.45, 2.75) is 38.9 Å². The van der Waals surface area contributed by atoms with Gasteiger partial charge >= 0.3 is 6.09 Å². The van der Waals surface area contributed by atoms with E-state index in [1.54, 1.807) is 11.9 Å². The lowest BCUT2D eigenvalue weighted by Gasteiger charge is -2.24. The minimum atomic E-state index is -0.505. The second kappa shape index (κ2) is 6.25. The van der Waals surface area contributed by atoms with Crippen LogP contribution in [0.1, 0.15) is 27.2 Å². The molecule has 8 nitrogen and oxygen atoms in total. The Balaban J connectivity index is 1.96. The van der Waals surface area contributed by atoms with Crippen LogP contribution >= 0.6 is 0 Å². The first-order chi connectivity index (χ1) is 10.3. The fourth-order valence-corrected chi connectivity index (χ4v) is 2.15. The maximum atomic E-state index is 12.0. The molecule has 2 heterocycles. The van der Waals surface area contributed by atoms with Crippen LogP contribution in [0, 0.1) is 0 Å². The highest BCUT2D eigenvalue weighted by Gasteiger charge is 2.31. The number of rotatable bonds is 3. The first-order valence-electron chi connectivity index (χ1n) is 7.23. The molecule has 1 fully saturated rings. The topological polar surface area (TPSA) is 103 Å². The van der Waals surface area contributed by atoms with Gasteiger partial charge in [0.15, 0.2) is 5.82 Å². The molecule has 3 N–H and O–H groups in total. The molecule has 1 saturated heterocycles. The Kier molecular flexibility index (Phi) is 4.58. The zero-order valence-corrected chi connectivity index (χ0v) is 13.4. The lowest BCUT2D eigenvalue weighted by atomic mass is 10.2. The smallest absolute Gasteiger partial charge is 0.410 e. The number of ether oxygens (including phenoxy) is 2. The fraction of sp³-hybridized carbons (Fsp3) is 0.643. The van der Waals surface area contributed by atoms with Crippen molar-refractivity contribution < 1.29 is 14.3 Å². The number of anilines is 2. The maximum absolute atomic E-state index is 12.0. The molecule has 0 aromatic carbocycles. The molecule has 0 spiro atoms. The zero-order chi connectivity index (χ0) is 16.3. The Bertz CT molecular complexity index is 544. The van der Waals surface area contributed by atoms with Crippen LogP contribution < -0.4 is 15.8 Å². The average molecular weight is 309 g/mol. The third-order valence-corrected chi connectivity index (χ3v) is 3.16. The van der Waals surface area contributed by atoms with E-state index in [1.807, 2.05) is 20.8 Å². The van der Waals surface area contributed by atoms with E-state index in [2.05, 4.69) is 15.3 Å². The number of nitrogens with zero attached hydrogens (tertiary/aromatic N) is 3. The van der Waals surface area contributed by atoms with Gasteiger partial charge in [0, 0.05) is 20.0 Å². The molecule has 0 saturated carbocycles. The summed E-state index contributed by atoms with van der Waals surface area (Å²) in [4.78, 5) is 21.7. The van der Waals surface area contributed by atoms with Crippen LogP contribution in [0.25, 0.3) is 0 Å². The summed E-state index contributed by atoms with van der Waals surface area (Å²) in [5.74, 6) is 0.849. The average Bonchev–Trinajstić information content (AvgIpc) is 2.88. The Morgan fingerprint density at radius 2 is 2.18 bits per heavy atom. The van der Waals surface area contributed by atoms with Crippen molar-refractivity contribution in [3.63, 3.8) is 0 Å². The standard InChI is InChI=1S/C14H23N5O3/c1-14(2,3)22-13(20)19-6-5-9(7-19)21-12-10(15)11(16-4)17-8-18-12/h8-9H,5-7,15H2,1-4H3,(H,16,17,18)/t9-/m0/s1. The Hall–Kier alpha value is -2.25. The fourth-order valence-electron chi connectivity index (χ4n) is 2.15. The summed E-state index contributed by atoms with van der Waals surface area (Å²) in [6.45, 7) is 6.57. The van der Waals surface area contributed by atoms with E-state index in [0.29, 0.717) is 36.9 Å². The largest absolute Gasteiger partial charge is 0.471 e. The summed E-state index contributed by atoms with van der Waals surface area (Å²) in [5, 5.41) is 2.87. The maximum Gasteiger partial charge on any atom is 0.410 e. The molecule has 1 aliphatic rings. The monoisotopic (exact) mass is 309 g/mol. The lowest BCUT2D eigenvalue weighted by molar-refractivity contribution is 0.0275. The van der Waals surface area contributed by atoms with Gasteiger partial charge in [0.25, 0.3) is 0 Å². The van der Waals surface area contributed by atoms with Crippen molar-refractivity contribution >= 4 is 17.6 Å². The summed E-state index contributed by atoms with van der Waals surface area (Å²) in [6.07, 6.45) is 1.61. The predicted molar refractivity (Wildman–Crippen MR) is 82.8 cm³/mol. The normalized spacial score (nSPS) is 18.2. The summed E-state index contributed by atoms with van der Waals surface area (Å²) in [6, 6.07) is 0. The van der Waals surface area contributed by atoms with Gasteiger partial charge in [-0.2, -0.15) is 4.98 Å². The van der Waals surface area contributed by atoms with Crippen LogP contribution in [0.4, 0.5) is 16.3 Å². The van der Waals surface area contributed by atoms with Crippen molar-refractivity contribution in [3.8, 4) is 5.88 Å². The number of hydrogen-bond acceptors (Lipinski definition) is 7. The summed E-state index contributed by atoms with van der Waals surface area (Å²) in [5.41, 5.74) is 5.79. The first-order valence-corrected chi connectivity index (χ1v) is 7.23. The Labute approximate surface area is 130 Å². The zero-order valence-electron chi connectivity index (χ0n) is 13.4. The lowest BCUT2D eigenvalue weighted by Crippen LogP contribution is -2.36. The number of carbonyl (C=O) groups excluding carboxylic acids is 1. The van der Waals surface area contributed by atoms with Crippen LogP contribution in [-0.2, 0) is 4.74 Å². The molecular formula is C14H23N5O3. The van der Waals surface area contributed by atoms with Gasteiger partial charge in [-0.15, -0.1) is 0 Å². The van der Waals surface area contributed by atoms with Crippen molar-refractivity contribution in [3.05, 3.63) is 6.33 Å². The number of nitrogen functional groups attached to an aromatic ring is 1. The van der Waals surface area contributed by atoms with E-state index >= 15 is 0 Å². The van der Waals surface area contributed by atoms with Crippen LogP contribution in [0.15, 0.2) is 6.33 Å². The van der Waals surface area contributed by atoms with E-state index in [1.165, 1.54) is 6.33 Å². The number of nitrogens with two attached hydrogens (primary N) is 1. The third-order valence-electron chi connectivity index (χ3n) is 3.16. The van der Waals surface area contributed by atoms with Crippen LogP contribution in [-0.4, -0.2) is 52.8 Å². The van der Waals surface area contributed by atoms with E-state index in [0.717, 1.165) is 0 Å². The molecule has 1 amide bonds. The van der Waals surface area contributed by atoms with Crippen molar-refractivity contribution in [2.75, 3.05) is 31.2 Å². The highest BCUT2D eigenvalue weighted by molar-refractivity contribution is 5.68. The second-order valence-electron chi connectivity index (χ2n) is 6.15. The molecule has 0 bridgehead atoms. The molecule has 1 aliphatic heterocycles. The molecule has 1 aromatic heterocycles. The number of carbonyl (C=O) groups is 1. The molecular weight excluding hydrogens is 286 g/mol. The summed E-state index contributed by atoms with van der Waals surface area (Å²) in [7, 11) is 1.72. The highest BCUT2D eigenvalue weighted by atomic mass is 16.6. The van der Waals surface area contributed by atoms with Gasteiger partial charge in [-0.05, 0) is 20.8 Å². The highest BCUT2D eigenvalue weighted by Crippen LogP contribution is 2.27. The number of nitrogens with one attached hydrogen (secondary N) is 1. The van der Waals surface area contributed by atoms with Gasteiger partial charge in [-0.1, -0.05) is 0 Å². The minimum absolute atomic E-state index is 0.158. The molecule has 0 unspecified atom stereocenters. The molecule has 1 aromatic rings. The molecule has 2 rings (SSSR count). The van der Waals surface area contributed by atoms with Gasteiger partial charge in [0.1, 0.15) is 23.7 Å². The van der Waals surface area contributed by atoms with Crippen LogP contribution in [0.2, 0.25) is 0 Å². The van der Waals surface area contributed by atoms with Crippen molar-refractivity contribution in [1.82, 2.24) is 14.9 Å².